The first kappa shape index (κ1) is 32.4. The Morgan fingerprint density at radius 3 is 2.02 bits per heavy atom. The maximum Gasteiger partial charge on any atom is 0.338 e. The Morgan fingerprint density at radius 2 is 1.47 bits per heavy atom. The van der Waals surface area contributed by atoms with Gasteiger partial charge in [-0.05, 0) is 48.1 Å². The van der Waals surface area contributed by atoms with E-state index in [1.54, 1.807) is 58.0 Å². The van der Waals surface area contributed by atoms with Gasteiger partial charge in [-0.2, -0.15) is 0 Å². The SMILES string of the molecule is C=C1[C@H]2C[C@]3(O)C[C@H](OC(C)=O)C(C)=C([C@@H](OC(C)=O)[C@H](OC(C)=O)[C@]2(C)[C@@H](OC(=O)c2ccccc2)C[C@@H]1O)C3(C)C. The highest BCUT2D eigenvalue weighted by molar-refractivity contribution is 5.89. The maximum atomic E-state index is 13.4. The van der Waals surface area contributed by atoms with Crippen LogP contribution in [0.1, 0.15) is 78.1 Å². The smallest absolute Gasteiger partial charge is 0.338 e. The fourth-order valence-electron chi connectivity index (χ4n) is 7.51. The van der Waals surface area contributed by atoms with Gasteiger partial charge in [0, 0.05) is 39.0 Å². The molecule has 10 nitrogen and oxygen atoms in total. The van der Waals surface area contributed by atoms with E-state index in [0.717, 1.165) is 0 Å². The molecular formula is C33H42O10. The van der Waals surface area contributed by atoms with Crippen LogP contribution in [0.2, 0.25) is 0 Å². The quantitative estimate of drug-likeness (QED) is 0.291. The van der Waals surface area contributed by atoms with Gasteiger partial charge < -0.3 is 29.2 Å². The van der Waals surface area contributed by atoms with Crippen LogP contribution < -0.4 is 0 Å². The molecular weight excluding hydrogens is 556 g/mol. The van der Waals surface area contributed by atoms with E-state index in [2.05, 4.69) is 6.58 Å². The molecule has 2 N–H and O–H groups in total. The van der Waals surface area contributed by atoms with Gasteiger partial charge in [0.25, 0.3) is 0 Å². The lowest BCUT2D eigenvalue weighted by Crippen LogP contribution is -2.68. The predicted octanol–water partition coefficient (Wildman–Crippen LogP) is 3.83. The Kier molecular flexibility index (Phi) is 8.70. The minimum Gasteiger partial charge on any atom is -0.458 e. The van der Waals surface area contributed by atoms with Crippen LogP contribution in [0.5, 0.6) is 0 Å². The fraction of sp³-hybridized carbons (Fsp3) is 0.576. The van der Waals surface area contributed by atoms with Crippen molar-refractivity contribution in [3.05, 3.63) is 59.2 Å². The summed E-state index contributed by atoms with van der Waals surface area (Å²) >= 11 is 0. The summed E-state index contributed by atoms with van der Waals surface area (Å²) in [6.45, 7) is 15.0. The Labute approximate surface area is 252 Å². The number of aliphatic hydroxyl groups excluding tert-OH is 1. The molecule has 0 aromatic heterocycles. The van der Waals surface area contributed by atoms with Gasteiger partial charge in [0.05, 0.1) is 22.7 Å². The van der Waals surface area contributed by atoms with Crippen molar-refractivity contribution in [2.45, 2.75) is 104 Å². The zero-order valence-electron chi connectivity index (χ0n) is 25.8. The summed E-state index contributed by atoms with van der Waals surface area (Å²) in [4.78, 5) is 51.0. The number of carbonyl (C=O) groups excluding carboxylic acids is 4. The fourth-order valence-corrected chi connectivity index (χ4v) is 7.51. The second-order valence-corrected chi connectivity index (χ2v) is 12.8. The molecule has 2 saturated carbocycles. The summed E-state index contributed by atoms with van der Waals surface area (Å²) in [7, 11) is 0. The number of aliphatic hydroxyl groups is 2. The van der Waals surface area contributed by atoms with Crippen molar-refractivity contribution in [1.29, 1.82) is 0 Å². The summed E-state index contributed by atoms with van der Waals surface area (Å²) in [5.74, 6) is -3.36. The molecule has 1 aromatic rings. The Morgan fingerprint density at radius 1 is 0.884 bits per heavy atom. The molecule has 0 spiro atoms. The van der Waals surface area contributed by atoms with Gasteiger partial charge in [-0.3, -0.25) is 14.4 Å². The van der Waals surface area contributed by atoms with E-state index < -0.39 is 76.7 Å². The molecule has 0 aliphatic heterocycles. The summed E-state index contributed by atoms with van der Waals surface area (Å²) in [6.07, 6.45) is -5.60. The summed E-state index contributed by atoms with van der Waals surface area (Å²) in [6, 6.07) is 8.35. The molecule has 0 radical (unpaired) electrons. The van der Waals surface area contributed by atoms with E-state index in [-0.39, 0.29) is 24.8 Å². The number of rotatable bonds is 5. The summed E-state index contributed by atoms with van der Waals surface area (Å²) < 4.78 is 23.8. The van der Waals surface area contributed by atoms with Gasteiger partial charge in [-0.1, -0.05) is 45.5 Å². The van der Waals surface area contributed by atoms with Crippen molar-refractivity contribution >= 4 is 23.9 Å². The molecule has 0 amide bonds. The van der Waals surface area contributed by atoms with Gasteiger partial charge in [0.2, 0.25) is 0 Å². The van der Waals surface area contributed by atoms with Gasteiger partial charge in [0.1, 0.15) is 12.2 Å². The van der Waals surface area contributed by atoms with E-state index in [4.69, 9.17) is 18.9 Å². The van der Waals surface area contributed by atoms with Crippen LogP contribution >= 0.6 is 0 Å². The standard InChI is InChI=1S/C33H42O10/c1-17-23-15-33(39)16-25(40-19(3)34)18(2)27(31(33,6)7)28(41-20(4)35)29(42-21(5)36)32(23,8)26(14-24(17)37)43-30(38)22-12-10-9-11-13-22/h9-13,23-26,28-29,37,39H,1,14-16H2,2-8H3/t23-,24+,25+,26+,28-,29+,32+,33+/m1/s1. The monoisotopic (exact) mass is 598 g/mol. The molecule has 43 heavy (non-hydrogen) atoms. The van der Waals surface area contributed by atoms with Crippen LogP contribution in [0.4, 0.5) is 0 Å². The highest BCUT2D eigenvalue weighted by atomic mass is 16.6. The van der Waals surface area contributed by atoms with Crippen LogP contribution in [-0.2, 0) is 33.3 Å². The number of carbonyl (C=O) groups is 4. The Bertz CT molecular complexity index is 1350. The molecule has 2 bridgehead atoms. The predicted molar refractivity (Wildman–Crippen MR) is 154 cm³/mol. The van der Waals surface area contributed by atoms with Crippen LogP contribution in [0, 0.1) is 16.7 Å². The summed E-state index contributed by atoms with van der Waals surface area (Å²) in [5.41, 5.74) is -2.37. The van der Waals surface area contributed by atoms with Crippen LogP contribution in [0.15, 0.2) is 53.6 Å². The normalized spacial score (nSPS) is 35.0. The van der Waals surface area contributed by atoms with Crippen molar-refractivity contribution < 1.29 is 48.3 Å². The Hall–Kier alpha value is -3.50. The largest absolute Gasteiger partial charge is 0.458 e. The number of benzene rings is 1. The van der Waals surface area contributed by atoms with Crippen molar-refractivity contribution in [3.63, 3.8) is 0 Å². The zero-order chi connectivity index (χ0) is 32.1. The van der Waals surface area contributed by atoms with Crippen molar-refractivity contribution in [1.82, 2.24) is 0 Å². The molecule has 1 aromatic carbocycles. The van der Waals surface area contributed by atoms with E-state index in [1.807, 2.05) is 0 Å². The molecule has 0 unspecified atom stereocenters. The van der Waals surface area contributed by atoms with E-state index >= 15 is 0 Å². The van der Waals surface area contributed by atoms with E-state index in [9.17, 15) is 29.4 Å². The topological polar surface area (TPSA) is 146 Å². The molecule has 10 heteroatoms. The average Bonchev–Trinajstić information content (AvgIpc) is 2.90. The molecule has 4 rings (SSSR count). The molecule has 0 saturated heterocycles. The van der Waals surface area contributed by atoms with Crippen LogP contribution in [0.3, 0.4) is 0 Å². The number of esters is 4. The third-order valence-corrected chi connectivity index (χ3v) is 9.89. The number of hydrogen-bond donors (Lipinski definition) is 2. The maximum absolute atomic E-state index is 13.4. The van der Waals surface area contributed by atoms with E-state index in [1.165, 1.54) is 20.8 Å². The third kappa shape index (κ3) is 5.62. The zero-order valence-corrected chi connectivity index (χ0v) is 25.8. The van der Waals surface area contributed by atoms with Crippen molar-refractivity contribution in [2.75, 3.05) is 0 Å². The number of fused-ring (bicyclic) bond motifs is 3. The number of hydrogen-bond acceptors (Lipinski definition) is 10. The van der Waals surface area contributed by atoms with Crippen molar-refractivity contribution in [2.24, 2.45) is 16.7 Å². The molecule has 3 aliphatic carbocycles. The first-order valence-corrected chi connectivity index (χ1v) is 14.5. The highest BCUT2D eigenvalue weighted by Crippen LogP contribution is 2.62. The van der Waals surface area contributed by atoms with Gasteiger partial charge in [-0.25, -0.2) is 4.79 Å². The third-order valence-electron chi connectivity index (χ3n) is 9.89. The van der Waals surface area contributed by atoms with E-state index in [0.29, 0.717) is 16.7 Å². The summed E-state index contributed by atoms with van der Waals surface area (Å²) in [5, 5.41) is 23.8. The second-order valence-electron chi connectivity index (χ2n) is 12.8. The van der Waals surface area contributed by atoms with Crippen molar-refractivity contribution in [3.8, 4) is 0 Å². The highest BCUT2D eigenvalue weighted by Gasteiger charge is 2.67. The molecule has 8 atom stereocenters. The second kappa shape index (κ2) is 11.5. The lowest BCUT2D eigenvalue weighted by atomic mass is 9.48. The van der Waals surface area contributed by atoms with Gasteiger partial charge in [0.15, 0.2) is 12.2 Å². The minimum atomic E-state index is -1.58. The number of ether oxygens (including phenoxy) is 4. The first-order chi connectivity index (χ1) is 19.9. The van der Waals surface area contributed by atoms with Gasteiger partial charge >= 0.3 is 23.9 Å². The average molecular weight is 599 g/mol. The molecule has 234 valence electrons. The lowest BCUT2D eigenvalue weighted by molar-refractivity contribution is -0.218. The molecule has 0 heterocycles. The molecule has 3 aliphatic rings. The lowest BCUT2D eigenvalue weighted by Gasteiger charge is -2.61. The van der Waals surface area contributed by atoms with Gasteiger partial charge in [-0.15, -0.1) is 0 Å². The minimum absolute atomic E-state index is 0.00905. The Balaban J connectivity index is 2.01. The first-order valence-electron chi connectivity index (χ1n) is 14.5. The van der Waals surface area contributed by atoms with Crippen LogP contribution in [-0.4, -0.2) is 70.2 Å². The van der Waals surface area contributed by atoms with Crippen LogP contribution in [0.25, 0.3) is 0 Å². The molecule has 2 fully saturated rings.